The molecule has 1 aromatic heterocycles. The molecule has 0 N–H and O–H groups in total. The number of benzene rings is 1. The monoisotopic (exact) mass is 285 g/mol. The SMILES string of the molecule is CCn1c([C@@H]2CC(=O)N(CC(C)C)C2)nc2ccccc21. The summed E-state index contributed by atoms with van der Waals surface area (Å²) in [5.74, 6) is 2.07. The van der Waals surface area contributed by atoms with Crippen LogP contribution in [0.3, 0.4) is 0 Å². The van der Waals surface area contributed by atoms with E-state index in [1.54, 1.807) is 0 Å². The van der Waals surface area contributed by atoms with Gasteiger partial charge in [-0.1, -0.05) is 26.0 Å². The summed E-state index contributed by atoms with van der Waals surface area (Å²) in [6, 6.07) is 8.22. The lowest BCUT2D eigenvalue weighted by molar-refractivity contribution is -0.128. The first kappa shape index (κ1) is 14.1. The van der Waals surface area contributed by atoms with E-state index < -0.39 is 0 Å². The van der Waals surface area contributed by atoms with E-state index in [-0.39, 0.29) is 11.8 Å². The topological polar surface area (TPSA) is 38.1 Å². The van der Waals surface area contributed by atoms with Crippen molar-refractivity contribution in [3.05, 3.63) is 30.1 Å². The smallest absolute Gasteiger partial charge is 0.223 e. The van der Waals surface area contributed by atoms with Crippen molar-refractivity contribution in [2.45, 2.75) is 39.7 Å². The highest BCUT2D eigenvalue weighted by Gasteiger charge is 2.33. The van der Waals surface area contributed by atoms with Crippen LogP contribution in [-0.2, 0) is 11.3 Å². The predicted octanol–water partition coefficient (Wildman–Crippen LogP) is 3.03. The lowest BCUT2D eigenvalue weighted by atomic mass is 10.1. The first-order chi connectivity index (χ1) is 10.1. The van der Waals surface area contributed by atoms with Crippen molar-refractivity contribution >= 4 is 16.9 Å². The highest BCUT2D eigenvalue weighted by molar-refractivity contribution is 5.80. The molecule has 0 radical (unpaired) electrons. The molecule has 2 aromatic rings. The molecule has 1 atom stereocenters. The summed E-state index contributed by atoms with van der Waals surface area (Å²) >= 11 is 0. The molecule has 1 aliphatic rings. The summed E-state index contributed by atoms with van der Waals surface area (Å²) in [7, 11) is 0. The maximum Gasteiger partial charge on any atom is 0.223 e. The van der Waals surface area contributed by atoms with Gasteiger partial charge in [0.1, 0.15) is 5.82 Å². The molecule has 21 heavy (non-hydrogen) atoms. The van der Waals surface area contributed by atoms with Crippen molar-refractivity contribution in [3.63, 3.8) is 0 Å². The quantitative estimate of drug-likeness (QED) is 0.866. The van der Waals surface area contributed by atoms with E-state index in [2.05, 4.69) is 31.4 Å². The maximum absolute atomic E-state index is 12.2. The third-order valence-corrected chi connectivity index (χ3v) is 4.17. The molecule has 4 heteroatoms. The molecule has 1 aliphatic heterocycles. The number of hydrogen-bond acceptors (Lipinski definition) is 2. The zero-order valence-corrected chi connectivity index (χ0v) is 13.0. The normalized spacial score (nSPS) is 19.1. The van der Waals surface area contributed by atoms with E-state index in [0.717, 1.165) is 31.0 Å². The average Bonchev–Trinajstić information content (AvgIpc) is 2.99. The third-order valence-electron chi connectivity index (χ3n) is 4.17. The second-order valence-electron chi connectivity index (χ2n) is 6.30. The lowest BCUT2D eigenvalue weighted by Crippen LogP contribution is -2.29. The molecule has 0 unspecified atom stereocenters. The number of fused-ring (bicyclic) bond motifs is 1. The fourth-order valence-corrected chi connectivity index (χ4v) is 3.30. The number of aromatic nitrogens is 2. The summed E-state index contributed by atoms with van der Waals surface area (Å²) < 4.78 is 2.26. The lowest BCUT2D eigenvalue weighted by Gasteiger charge is -2.19. The van der Waals surface area contributed by atoms with E-state index in [1.807, 2.05) is 23.1 Å². The molecular formula is C17H23N3O. The van der Waals surface area contributed by atoms with E-state index in [0.29, 0.717) is 12.3 Å². The van der Waals surface area contributed by atoms with Gasteiger partial charge in [-0.05, 0) is 25.0 Å². The van der Waals surface area contributed by atoms with Gasteiger partial charge in [0.15, 0.2) is 0 Å². The van der Waals surface area contributed by atoms with Crippen LogP contribution in [0.4, 0.5) is 0 Å². The molecule has 1 fully saturated rings. The van der Waals surface area contributed by atoms with Gasteiger partial charge < -0.3 is 9.47 Å². The van der Waals surface area contributed by atoms with Gasteiger partial charge in [0.2, 0.25) is 5.91 Å². The Bertz CT molecular complexity index is 659. The first-order valence-corrected chi connectivity index (χ1v) is 7.83. The van der Waals surface area contributed by atoms with Gasteiger partial charge in [0.05, 0.1) is 11.0 Å². The van der Waals surface area contributed by atoms with E-state index in [1.165, 1.54) is 5.52 Å². The number of aryl methyl sites for hydroxylation is 1. The number of hydrogen-bond donors (Lipinski definition) is 0. The molecule has 0 aliphatic carbocycles. The maximum atomic E-state index is 12.2. The van der Waals surface area contributed by atoms with Gasteiger partial charge in [-0.15, -0.1) is 0 Å². The van der Waals surface area contributed by atoms with Crippen molar-refractivity contribution in [1.29, 1.82) is 0 Å². The van der Waals surface area contributed by atoms with E-state index in [4.69, 9.17) is 4.98 Å². The summed E-state index contributed by atoms with van der Waals surface area (Å²) in [5, 5.41) is 0. The third kappa shape index (κ3) is 2.55. The predicted molar refractivity (Wildman–Crippen MR) is 84.2 cm³/mol. The van der Waals surface area contributed by atoms with Crippen LogP contribution < -0.4 is 0 Å². The Balaban J connectivity index is 1.92. The highest BCUT2D eigenvalue weighted by atomic mass is 16.2. The van der Waals surface area contributed by atoms with Gasteiger partial charge in [-0.2, -0.15) is 0 Å². The van der Waals surface area contributed by atoms with Gasteiger partial charge in [-0.3, -0.25) is 4.79 Å². The van der Waals surface area contributed by atoms with Gasteiger partial charge in [-0.25, -0.2) is 4.98 Å². The van der Waals surface area contributed by atoms with Crippen LogP contribution in [0.1, 0.15) is 38.9 Å². The van der Waals surface area contributed by atoms with Crippen molar-refractivity contribution in [1.82, 2.24) is 14.5 Å². The molecule has 1 aromatic carbocycles. The standard InChI is InChI=1S/C17H23N3O/c1-4-20-15-8-6-5-7-14(15)18-17(20)13-9-16(21)19(11-13)10-12(2)3/h5-8,12-13H,4,9-11H2,1-3H3/t13-/m1/s1. The Labute approximate surface area is 125 Å². The minimum atomic E-state index is 0.226. The Kier molecular flexibility index (Phi) is 3.70. The molecule has 0 bridgehead atoms. The molecular weight excluding hydrogens is 262 g/mol. The zero-order valence-electron chi connectivity index (χ0n) is 13.0. The number of nitrogens with zero attached hydrogens (tertiary/aromatic N) is 3. The first-order valence-electron chi connectivity index (χ1n) is 7.83. The number of imidazole rings is 1. The number of carbonyl (C=O) groups is 1. The van der Waals surface area contributed by atoms with Gasteiger partial charge in [0.25, 0.3) is 0 Å². The average molecular weight is 285 g/mol. The molecule has 1 amide bonds. The Morgan fingerprint density at radius 1 is 1.33 bits per heavy atom. The number of amides is 1. The summed E-state index contributed by atoms with van der Waals surface area (Å²) in [4.78, 5) is 19.0. The number of carbonyl (C=O) groups excluding carboxylic acids is 1. The second kappa shape index (κ2) is 5.51. The molecule has 112 valence electrons. The highest BCUT2D eigenvalue weighted by Crippen LogP contribution is 2.30. The molecule has 0 spiro atoms. The molecule has 0 saturated carbocycles. The van der Waals surface area contributed by atoms with Crippen molar-refractivity contribution in [2.75, 3.05) is 13.1 Å². The van der Waals surface area contributed by atoms with E-state index in [9.17, 15) is 4.79 Å². The molecule has 1 saturated heterocycles. The van der Waals surface area contributed by atoms with Gasteiger partial charge >= 0.3 is 0 Å². The van der Waals surface area contributed by atoms with Crippen molar-refractivity contribution < 1.29 is 4.79 Å². The zero-order chi connectivity index (χ0) is 15.0. The fourth-order valence-electron chi connectivity index (χ4n) is 3.30. The van der Waals surface area contributed by atoms with Gasteiger partial charge in [0, 0.05) is 32.0 Å². The molecule has 4 nitrogen and oxygen atoms in total. The summed E-state index contributed by atoms with van der Waals surface area (Å²) in [5.41, 5.74) is 2.20. The molecule has 2 heterocycles. The minimum absolute atomic E-state index is 0.226. The van der Waals surface area contributed by atoms with Crippen LogP contribution >= 0.6 is 0 Å². The van der Waals surface area contributed by atoms with Crippen LogP contribution in [0.2, 0.25) is 0 Å². The van der Waals surface area contributed by atoms with Crippen LogP contribution in [0.5, 0.6) is 0 Å². The minimum Gasteiger partial charge on any atom is -0.342 e. The Morgan fingerprint density at radius 3 is 2.81 bits per heavy atom. The molecule has 3 rings (SSSR count). The number of para-hydroxylation sites is 2. The van der Waals surface area contributed by atoms with Crippen LogP contribution in [0.25, 0.3) is 11.0 Å². The fraction of sp³-hybridized carbons (Fsp3) is 0.529. The van der Waals surface area contributed by atoms with Crippen molar-refractivity contribution in [2.24, 2.45) is 5.92 Å². The van der Waals surface area contributed by atoms with Crippen LogP contribution in [0, 0.1) is 5.92 Å². The summed E-state index contributed by atoms with van der Waals surface area (Å²) in [6.45, 7) is 9.00. The van der Waals surface area contributed by atoms with Crippen molar-refractivity contribution in [3.8, 4) is 0 Å². The number of rotatable bonds is 4. The van der Waals surface area contributed by atoms with Crippen LogP contribution in [0.15, 0.2) is 24.3 Å². The summed E-state index contributed by atoms with van der Waals surface area (Å²) in [6.07, 6.45) is 0.593. The Morgan fingerprint density at radius 2 is 2.10 bits per heavy atom. The van der Waals surface area contributed by atoms with E-state index >= 15 is 0 Å². The number of likely N-dealkylation sites (tertiary alicyclic amines) is 1. The van der Waals surface area contributed by atoms with Crippen LogP contribution in [-0.4, -0.2) is 33.4 Å². The Hall–Kier alpha value is -1.84. The largest absolute Gasteiger partial charge is 0.342 e. The second-order valence-corrected chi connectivity index (χ2v) is 6.30.